The molecule has 0 amide bonds. The van der Waals surface area contributed by atoms with E-state index in [1.807, 2.05) is 6.21 Å². The first-order valence-corrected chi connectivity index (χ1v) is 9.39. The van der Waals surface area contributed by atoms with Crippen LogP contribution < -0.4 is 0 Å². The van der Waals surface area contributed by atoms with E-state index in [9.17, 15) is 0 Å². The van der Waals surface area contributed by atoms with Crippen LogP contribution in [0.5, 0.6) is 0 Å². The number of hydrogen-bond donors (Lipinski definition) is 0. The maximum atomic E-state index is 4.70. The Kier molecular flexibility index (Phi) is 4.48. The Morgan fingerprint density at radius 3 is 2.35 bits per heavy atom. The second kappa shape index (κ2) is 6.93. The molecule has 0 radical (unpaired) electrons. The van der Waals surface area contributed by atoms with E-state index in [1.54, 1.807) is 0 Å². The summed E-state index contributed by atoms with van der Waals surface area (Å²) < 4.78 is 3.34. The van der Waals surface area contributed by atoms with Gasteiger partial charge in [0.1, 0.15) is 0 Å². The fraction of sp³-hybridized carbons (Fsp3) is 0.0870. The van der Waals surface area contributed by atoms with E-state index in [0.29, 0.717) is 0 Å². The summed E-state index contributed by atoms with van der Waals surface area (Å²) >= 11 is 3.50. The fourth-order valence-corrected chi connectivity index (χ4v) is 3.57. The molecule has 0 N–H and O–H groups in total. The average molecular weight is 403 g/mol. The van der Waals surface area contributed by atoms with Crippen LogP contribution in [-0.2, 0) is 0 Å². The van der Waals surface area contributed by atoms with Crippen molar-refractivity contribution in [1.29, 1.82) is 0 Å². The molecule has 0 saturated heterocycles. The Labute approximate surface area is 162 Å². The molecule has 0 saturated carbocycles. The first-order valence-electron chi connectivity index (χ1n) is 8.59. The van der Waals surface area contributed by atoms with Crippen LogP contribution >= 0.6 is 15.9 Å². The van der Waals surface area contributed by atoms with Gasteiger partial charge in [0, 0.05) is 33.3 Å². The monoisotopic (exact) mass is 402 g/mol. The summed E-state index contributed by atoms with van der Waals surface area (Å²) in [4.78, 5) is 4.70. The zero-order valence-electron chi connectivity index (χ0n) is 14.8. The molecule has 0 atom stereocenters. The van der Waals surface area contributed by atoms with Gasteiger partial charge < -0.3 is 4.57 Å². The second-order valence-electron chi connectivity index (χ2n) is 6.43. The third-order valence-corrected chi connectivity index (χ3v) is 5.17. The van der Waals surface area contributed by atoms with Crippen LogP contribution in [0.4, 0.5) is 5.69 Å². The number of hydrogen-bond acceptors (Lipinski definition) is 1. The normalized spacial score (nSPS) is 11.5. The molecule has 3 aromatic carbocycles. The summed E-state index contributed by atoms with van der Waals surface area (Å²) in [6, 6.07) is 25.2. The highest BCUT2D eigenvalue weighted by molar-refractivity contribution is 9.10. The minimum absolute atomic E-state index is 0.970. The minimum atomic E-state index is 0.970. The number of aryl methyl sites for hydroxylation is 1. The van der Waals surface area contributed by atoms with E-state index in [4.69, 9.17) is 4.99 Å². The summed E-state index contributed by atoms with van der Waals surface area (Å²) in [5, 5.41) is 2.45. The van der Waals surface area contributed by atoms with Crippen molar-refractivity contribution in [2.75, 3.05) is 0 Å². The number of benzene rings is 3. The van der Waals surface area contributed by atoms with E-state index in [1.165, 1.54) is 22.2 Å². The summed E-state index contributed by atoms with van der Waals surface area (Å²) in [6.07, 6.45) is 1.96. The third kappa shape index (κ3) is 3.23. The predicted octanol–water partition coefficient (Wildman–Crippen LogP) is 6.76. The maximum absolute atomic E-state index is 4.70. The molecule has 26 heavy (non-hydrogen) atoms. The molecule has 0 bridgehead atoms. The van der Waals surface area contributed by atoms with Crippen molar-refractivity contribution in [1.82, 2.24) is 4.57 Å². The van der Waals surface area contributed by atoms with Gasteiger partial charge in [-0.1, -0.05) is 46.3 Å². The lowest BCUT2D eigenvalue weighted by Crippen LogP contribution is -1.99. The van der Waals surface area contributed by atoms with Gasteiger partial charge in [-0.15, -0.1) is 0 Å². The first kappa shape index (κ1) is 16.8. The van der Waals surface area contributed by atoms with E-state index >= 15 is 0 Å². The maximum Gasteiger partial charge on any atom is 0.0636 e. The molecule has 0 aliphatic heterocycles. The molecule has 128 valence electrons. The molecule has 1 heterocycles. The molecule has 0 aliphatic rings. The summed E-state index contributed by atoms with van der Waals surface area (Å²) in [6.45, 7) is 4.26. The van der Waals surface area contributed by atoms with Gasteiger partial charge in [-0.3, -0.25) is 4.99 Å². The molecule has 0 unspecified atom stereocenters. The number of fused-ring (bicyclic) bond motifs is 1. The molecule has 0 fully saturated rings. The van der Waals surface area contributed by atoms with Crippen molar-refractivity contribution < 1.29 is 0 Å². The predicted molar refractivity (Wildman–Crippen MR) is 114 cm³/mol. The summed E-state index contributed by atoms with van der Waals surface area (Å²) in [5.41, 5.74) is 5.66. The van der Waals surface area contributed by atoms with Crippen LogP contribution in [0.3, 0.4) is 0 Å². The zero-order chi connectivity index (χ0) is 18.1. The van der Waals surface area contributed by atoms with Crippen LogP contribution in [0, 0.1) is 13.8 Å². The molecule has 0 spiro atoms. The number of nitrogens with zero attached hydrogens (tertiary/aromatic N) is 2. The van der Waals surface area contributed by atoms with Crippen LogP contribution in [-0.4, -0.2) is 10.8 Å². The van der Waals surface area contributed by atoms with Gasteiger partial charge in [-0.25, -0.2) is 0 Å². The van der Waals surface area contributed by atoms with Gasteiger partial charge >= 0.3 is 0 Å². The highest BCUT2D eigenvalue weighted by Gasteiger charge is 2.09. The van der Waals surface area contributed by atoms with Gasteiger partial charge in [0.25, 0.3) is 0 Å². The Morgan fingerprint density at radius 2 is 1.58 bits per heavy atom. The number of aromatic nitrogens is 1. The van der Waals surface area contributed by atoms with Gasteiger partial charge in [-0.05, 0) is 67.1 Å². The van der Waals surface area contributed by atoms with Gasteiger partial charge in [0.15, 0.2) is 0 Å². The quantitative estimate of drug-likeness (QED) is 0.336. The largest absolute Gasteiger partial charge is 0.318 e. The molecule has 4 rings (SSSR count). The second-order valence-corrected chi connectivity index (χ2v) is 7.34. The lowest BCUT2D eigenvalue weighted by atomic mass is 10.1. The molecular weight excluding hydrogens is 384 g/mol. The van der Waals surface area contributed by atoms with E-state index in [2.05, 4.69) is 107 Å². The average Bonchev–Trinajstić information content (AvgIpc) is 2.94. The van der Waals surface area contributed by atoms with Crippen molar-refractivity contribution in [2.45, 2.75) is 13.8 Å². The number of aliphatic imine (C=N–C) groups is 1. The molecule has 4 aromatic rings. The van der Waals surface area contributed by atoms with Crippen LogP contribution in [0.25, 0.3) is 16.5 Å². The fourth-order valence-electron chi connectivity index (χ4n) is 3.31. The Hall–Kier alpha value is -2.65. The lowest BCUT2D eigenvalue weighted by Gasteiger charge is -2.09. The third-order valence-electron chi connectivity index (χ3n) is 4.64. The smallest absolute Gasteiger partial charge is 0.0636 e. The van der Waals surface area contributed by atoms with Crippen LogP contribution in [0.15, 0.2) is 82.3 Å². The molecular formula is C23H19BrN2. The van der Waals surface area contributed by atoms with Crippen LogP contribution in [0.2, 0.25) is 0 Å². The number of halogens is 1. The van der Waals surface area contributed by atoms with Crippen molar-refractivity contribution in [3.8, 4) is 5.69 Å². The zero-order valence-corrected chi connectivity index (χ0v) is 16.4. The van der Waals surface area contributed by atoms with Crippen molar-refractivity contribution in [2.24, 2.45) is 4.99 Å². The van der Waals surface area contributed by atoms with Crippen molar-refractivity contribution >= 4 is 38.6 Å². The molecule has 0 aliphatic carbocycles. The van der Waals surface area contributed by atoms with Crippen molar-refractivity contribution in [3.05, 3.63) is 94.2 Å². The van der Waals surface area contributed by atoms with E-state index in [0.717, 1.165) is 21.4 Å². The van der Waals surface area contributed by atoms with Gasteiger partial charge in [-0.2, -0.15) is 0 Å². The Balaban J connectivity index is 1.68. The highest BCUT2D eigenvalue weighted by atomic mass is 79.9. The summed E-state index contributed by atoms with van der Waals surface area (Å²) in [7, 11) is 0. The summed E-state index contributed by atoms with van der Waals surface area (Å²) in [5.74, 6) is 0. The molecule has 3 heteroatoms. The van der Waals surface area contributed by atoms with E-state index in [-0.39, 0.29) is 0 Å². The molecule has 2 nitrogen and oxygen atoms in total. The molecule has 1 aromatic heterocycles. The standard InChI is InChI=1S/C23H19BrN2/c1-16-13-20(17(2)26(16)23-11-8-21(24)9-12-23)15-25-22-10-7-18-5-3-4-6-19(18)14-22/h3-15H,1-2H3. The lowest BCUT2D eigenvalue weighted by molar-refractivity contribution is 0.964. The topological polar surface area (TPSA) is 17.3 Å². The number of rotatable bonds is 3. The minimum Gasteiger partial charge on any atom is -0.318 e. The SMILES string of the molecule is Cc1cc(C=Nc2ccc3ccccc3c2)c(C)n1-c1ccc(Br)cc1. The Morgan fingerprint density at radius 1 is 0.846 bits per heavy atom. The van der Waals surface area contributed by atoms with Crippen LogP contribution in [0.1, 0.15) is 17.0 Å². The highest BCUT2D eigenvalue weighted by Crippen LogP contribution is 2.24. The van der Waals surface area contributed by atoms with E-state index < -0.39 is 0 Å². The Bertz CT molecular complexity index is 1100. The van der Waals surface area contributed by atoms with Gasteiger partial charge in [0.05, 0.1) is 5.69 Å². The van der Waals surface area contributed by atoms with Gasteiger partial charge in [0.2, 0.25) is 0 Å². The first-order chi connectivity index (χ1) is 12.6. The van der Waals surface area contributed by atoms with Crippen molar-refractivity contribution in [3.63, 3.8) is 0 Å².